The molecule has 0 radical (unpaired) electrons. The van der Waals surface area contributed by atoms with Crippen molar-refractivity contribution in [2.45, 2.75) is 11.7 Å². The number of fused-ring (bicyclic) bond motifs is 1. The molecule has 1 saturated heterocycles. The zero-order valence-corrected chi connectivity index (χ0v) is 23.5. The van der Waals surface area contributed by atoms with E-state index >= 15 is 4.39 Å². The Bertz CT molecular complexity index is 1740. The molecule has 7 heteroatoms. The highest BCUT2D eigenvalue weighted by molar-refractivity contribution is 9.10. The zero-order valence-electron chi connectivity index (χ0n) is 22.0. The maximum atomic E-state index is 15.4. The Morgan fingerprint density at radius 1 is 0.756 bits per heavy atom. The van der Waals surface area contributed by atoms with Crippen LogP contribution in [0.15, 0.2) is 126 Å². The smallest absolute Gasteiger partial charge is 0.139 e. The van der Waals surface area contributed by atoms with E-state index in [9.17, 15) is 4.39 Å². The van der Waals surface area contributed by atoms with Crippen LogP contribution in [-0.2, 0) is 5.54 Å². The van der Waals surface area contributed by atoms with Gasteiger partial charge in [0.25, 0.3) is 0 Å². The first-order valence-corrected chi connectivity index (χ1v) is 14.3. The van der Waals surface area contributed by atoms with E-state index < -0.39 is 11.7 Å². The summed E-state index contributed by atoms with van der Waals surface area (Å²) in [4.78, 5) is 6.39. The molecular formula is C34H25BrF2N4. The maximum Gasteiger partial charge on any atom is 0.139 e. The Balaban J connectivity index is 1.58. The molecule has 1 aliphatic rings. The van der Waals surface area contributed by atoms with Gasteiger partial charge in [0.15, 0.2) is 0 Å². The molecule has 4 aromatic carbocycles. The van der Waals surface area contributed by atoms with Crippen molar-refractivity contribution in [2.24, 2.45) is 0 Å². The summed E-state index contributed by atoms with van der Waals surface area (Å²) < 4.78 is 31.3. The summed E-state index contributed by atoms with van der Waals surface area (Å²) >= 11 is 3.41. The molecule has 6 aromatic rings. The first-order valence-electron chi connectivity index (χ1n) is 13.5. The molecule has 41 heavy (non-hydrogen) atoms. The molecule has 0 amide bonds. The average molecular weight is 608 g/mol. The van der Waals surface area contributed by atoms with Crippen molar-refractivity contribution in [3.63, 3.8) is 0 Å². The van der Waals surface area contributed by atoms with Crippen LogP contribution in [0.1, 0.15) is 16.7 Å². The molecule has 1 aliphatic heterocycles. The van der Waals surface area contributed by atoms with Gasteiger partial charge in [-0.2, -0.15) is 5.10 Å². The summed E-state index contributed by atoms with van der Waals surface area (Å²) in [7, 11) is 0. The van der Waals surface area contributed by atoms with Gasteiger partial charge in [-0.25, -0.2) is 18.4 Å². The Kier molecular flexibility index (Phi) is 6.39. The van der Waals surface area contributed by atoms with Gasteiger partial charge in [-0.15, -0.1) is 0 Å². The van der Waals surface area contributed by atoms with Crippen LogP contribution < -0.4 is 4.90 Å². The number of anilines is 1. The quantitative estimate of drug-likeness (QED) is 0.180. The second-order valence-corrected chi connectivity index (χ2v) is 11.1. The molecule has 202 valence electrons. The number of benzene rings is 4. The lowest BCUT2D eigenvalue weighted by molar-refractivity contribution is 0.273. The monoisotopic (exact) mass is 606 g/mol. The van der Waals surface area contributed by atoms with Crippen molar-refractivity contribution in [3.05, 3.63) is 148 Å². The van der Waals surface area contributed by atoms with Crippen LogP contribution in [0.3, 0.4) is 0 Å². The Morgan fingerprint density at radius 2 is 1.32 bits per heavy atom. The van der Waals surface area contributed by atoms with Crippen molar-refractivity contribution < 1.29 is 8.78 Å². The highest BCUT2D eigenvalue weighted by atomic mass is 79.9. The van der Waals surface area contributed by atoms with Crippen LogP contribution >= 0.6 is 15.9 Å². The SMILES string of the molecule is Fc1cc2c(cc1Br)c(-c1ccnc(N3CC(F)C3)c1)nn2C(c1ccccc1)(c1ccccc1)c1ccccc1. The van der Waals surface area contributed by atoms with E-state index in [2.05, 4.69) is 57.3 Å². The number of rotatable bonds is 6. The highest BCUT2D eigenvalue weighted by Crippen LogP contribution is 2.44. The van der Waals surface area contributed by atoms with E-state index in [0.717, 1.165) is 27.6 Å². The number of halogens is 3. The fraction of sp³-hybridized carbons (Fsp3) is 0.118. The third-order valence-electron chi connectivity index (χ3n) is 7.79. The lowest BCUT2D eigenvalue weighted by Crippen LogP contribution is -2.48. The average Bonchev–Trinajstić information content (AvgIpc) is 3.36. The van der Waals surface area contributed by atoms with E-state index in [1.807, 2.05) is 76.3 Å². The Morgan fingerprint density at radius 3 is 1.85 bits per heavy atom. The molecule has 0 saturated carbocycles. The van der Waals surface area contributed by atoms with Gasteiger partial charge in [0, 0.05) is 23.2 Å². The summed E-state index contributed by atoms with van der Waals surface area (Å²) in [6, 6.07) is 37.7. The van der Waals surface area contributed by atoms with Gasteiger partial charge in [0.05, 0.1) is 23.1 Å². The number of alkyl halides is 1. The van der Waals surface area contributed by atoms with Crippen LogP contribution in [0.4, 0.5) is 14.6 Å². The van der Waals surface area contributed by atoms with Gasteiger partial charge in [-0.3, -0.25) is 0 Å². The lowest BCUT2D eigenvalue weighted by atomic mass is 9.77. The van der Waals surface area contributed by atoms with Crippen molar-refractivity contribution in [1.82, 2.24) is 14.8 Å². The highest BCUT2D eigenvalue weighted by Gasteiger charge is 2.41. The summed E-state index contributed by atoms with van der Waals surface area (Å²) in [6.45, 7) is 0.642. The normalized spacial score (nSPS) is 13.9. The maximum absolute atomic E-state index is 15.4. The van der Waals surface area contributed by atoms with Crippen molar-refractivity contribution in [1.29, 1.82) is 0 Å². The lowest BCUT2D eigenvalue weighted by Gasteiger charge is -2.37. The molecule has 0 aliphatic carbocycles. The van der Waals surface area contributed by atoms with Gasteiger partial charge in [-0.05, 0) is 50.8 Å². The van der Waals surface area contributed by atoms with Crippen molar-refractivity contribution in [3.8, 4) is 11.3 Å². The molecular weight excluding hydrogens is 582 g/mol. The van der Waals surface area contributed by atoms with Crippen molar-refractivity contribution >= 4 is 32.7 Å². The van der Waals surface area contributed by atoms with E-state index in [4.69, 9.17) is 5.10 Å². The van der Waals surface area contributed by atoms with E-state index in [0.29, 0.717) is 34.6 Å². The molecule has 0 unspecified atom stereocenters. The molecule has 0 spiro atoms. The minimum Gasteiger partial charge on any atom is -0.351 e. The van der Waals surface area contributed by atoms with Gasteiger partial charge in [-0.1, -0.05) is 91.0 Å². The number of aromatic nitrogens is 3. The minimum atomic E-state index is -0.921. The summed E-state index contributed by atoms with van der Waals surface area (Å²) in [5.74, 6) is 0.319. The van der Waals surface area contributed by atoms with Crippen LogP contribution in [0, 0.1) is 5.82 Å². The third kappa shape index (κ3) is 4.23. The number of hydrogen-bond acceptors (Lipinski definition) is 3. The molecule has 1 fully saturated rings. The fourth-order valence-electron chi connectivity index (χ4n) is 5.83. The van der Waals surface area contributed by atoms with E-state index in [-0.39, 0.29) is 5.82 Å². The second kappa shape index (κ2) is 10.2. The van der Waals surface area contributed by atoms with Gasteiger partial charge < -0.3 is 4.90 Å². The minimum absolute atomic E-state index is 0.321. The molecule has 2 aromatic heterocycles. The number of pyridine rings is 1. The Labute approximate surface area is 245 Å². The molecule has 0 N–H and O–H groups in total. The number of nitrogens with zero attached hydrogens (tertiary/aromatic N) is 4. The van der Waals surface area contributed by atoms with Crippen molar-refractivity contribution in [2.75, 3.05) is 18.0 Å². The predicted molar refractivity (Wildman–Crippen MR) is 162 cm³/mol. The molecule has 0 atom stereocenters. The topological polar surface area (TPSA) is 34.0 Å². The standard InChI is InChI=1S/C34H25BrF2N4/c35-29-19-28-31(20-30(29)37)41(39-33(28)23-16-17-38-32(18-23)40-21-27(36)22-40)34(24-10-4-1-5-11-24,25-12-6-2-7-13-25)26-14-8-3-9-15-26/h1-20,27H,21-22H2. The number of hydrogen-bond donors (Lipinski definition) is 0. The molecule has 4 nitrogen and oxygen atoms in total. The van der Waals surface area contributed by atoms with E-state index in [1.54, 1.807) is 18.3 Å². The van der Waals surface area contributed by atoms with Crippen LogP contribution in [0.25, 0.3) is 22.2 Å². The molecule has 0 bridgehead atoms. The first kappa shape index (κ1) is 25.6. The first-order chi connectivity index (χ1) is 20.1. The molecule has 7 rings (SSSR count). The summed E-state index contributed by atoms with van der Waals surface area (Å²) in [5.41, 5.74) is 4.19. The third-order valence-corrected chi connectivity index (χ3v) is 8.40. The second-order valence-electron chi connectivity index (χ2n) is 10.3. The molecule has 3 heterocycles. The summed E-state index contributed by atoms with van der Waals surface area (Å²) in [5, 5.41) is 6.10. The van der Waals surface area contributed by atoms with Gasteiger partial charge in [0.2, 0.25) is 0 Å². The van der Waals surface area contributed by atoms with Gasteiger partial charge >= 0.3 is 0 Å². The fourth-order valence-corrected chi connectivity index (χ4v) is 6.18. The summed E-state index contributed by atoms with van der Waals surface area (Å²) in [6.07, 6.45) is 0.876. The van der Waals surface area contributed by atoms with Gasteiger partial charge in [0.1, 0.15) is 29.0 Å². The van der Waals surface area contributed by atoms with Crippen LogP contribution in [0.2, 0.25) is 0 Å². The predicted octanol–water partition coefficient (Wildman–Crippen LogP) is 8.00. The van der Waals surface area contributed by atoms with Crippen LogP contribution in [0.5, 0.6) is 0 Å². The van der Waals surface area contributed by atoms with Crippen LogP contribution in [-0.4, -0.2) is 34.0 Å². The Hall–Kier alpha value is -4.36. The van der Waals surface area contributed by atoms with E-state index in [1.165, 1.54) is 0 Å². The largest absolute Gasteiger partial charge is 0.351 e. The zero-order chi connectivity index (χ0) is 28.0.